The van der Waals surface area contributed by atoms with Gasteiger partial charge >= 0.3 is 0 Å². The maximum atomic E-state index is 13.5. The third-order valence-corrected chi connectivity index (χ3v) is 6.09. The van der Waals surface area contributed by atoms with Crippen LogP contribution >= 0.6 is 0 Å². The number of anilines is 1. The first kappa shape index (κ1) is 18.6. The van der Waals surface area contributed by atoms with Gasteiger partial charge in [0.15, 0.2) is 0 Å². The molecule has 9 heteroatoms. The van der Waals surface area contributed by atoms with Crippen molar-refractivity contribution < 1.29 is 12.8 Å². The second-order valence-corrected chi connectivity index (χ2v) is 8.68. The van der Waals surface area contributed by atoms with E-state index in [9.17, 15) is 12.8 Å². The van der Waals surface area contributed by atoms with Crippen molar-refractivity contribution in [2.24, 2.45) is 0 Å². The number of H-pyrrole nitrogens is 1. The summed E-state index contributed by atoms with van der Waals surface area (Å²) in [6, 6.07) is 11.9. The summed E-state index contributed by atoms with van der Waals surface area (Å²) in [5.74, 6) is 0.451. The van der Waals surface area contributed by atoms with Crippen LogP contribution in [0.4, 0.5) is 10.2 Å². The first-order valence-corrected chi connectivity index (χ1v) is 10.7. The summed E-state index contributed by atoms with van der Waals surface area (Å²) in [5, 5.41) is 7.34. The molecule has 1 aliphatic heterocycles. The smallest absolute Gasteiger partial charge is 0.211 e. The zero-order valence-electron chi connectivity index (χ0n) is 15.3. The lowest BCUT2D eigenvalue weighted by atomic mass is 10.1. The lowest BCUT2D eigenvalue weighted by molar-refractivity contribution is 0.387. The molecule has 2 aromatic heterocycles. The Labute approximate surface area is 162 Å². The topological polar surface area (TPSA) is 82.2 Å². The molecule has 0 unspecified atom stereocenters. The van der Waals surface area contributed by atoms with E-state index in [2.05, 4.69) is 20.1 Å². The van der Waals surface area contributed by atoms with Crippen LogP contribution in [0.2, 0.25) is 0 Å². The molecule has 0 atom stereocenters. The second-order valence-electron chi connectivity index (χ2n) is 6.70. The first-order valence-electron chi connectivity index (χ1n) is 8.88. The Morgan fingerprint density at radius 3 is 2.57 bits per heavy atom. The van der Waals surface area contributed by atoms with Crippen LogP contribution in [0.1, 0.15) is 0 Å². The summed E-state index contributed by atoms with van der Waals surface area (Å²) >= 11 is 0. The number of sulfonamides is 1. The lowest BCUT2D eigenvalue weighted by Crippen LogP contribution is -2.48. The Kier molecular flexibility index (Phi) is 4.86. The number of piperazine rings is 1. The molecule has 1 N–H and O–H groups in total. The van der Waals surface area contributed by atoms with E-state index in [0.29, 0.717) is 43.1 Å². The predicted octanol–water partition coefficient (Wildman–Crippen LogP) is 2.36. The minimum atomic E-state index is -3.19. The second kappa shape index (κ2) is 7.33. The fourth-order valence-electron chi connectivity index (χ4n) is 3.34. The predicted molar refractivity (Wildman–Crippen MR) is 106 cm³/mol. The standard InChI is InChI=1S/C19H20FN5O2S/c1-28(26,27)25-10-8-24(9-11-25)19-16(6-3-7-21-19)18-13-17(22-23-18)14-4-2-5-15(20)12-14/h2-7,12-13H,8-11H2,1H3,(H,22,23). The maximum Gasteiger partial charge on any atom is 0.211 e. The van der Waals surface area contributed by atoms with Crippen molar-refractivity contribution in [1.82, 2.24) is 19.5 Å². The van der Waals surface area contributed by atoms with Gasteiger partial charge in [-0.2, -0.15) is 9.40 Å². The molecule has 4 rings (SSSR count). The zero-order chi connectivity index (χ0) is 19.7. The average Bonchev–Trinajstić information content (AvgIpc) is 3.18. The molecule has 146 valence electrons. The van der Waals surface area contributed by atoms with Crippen molar-refractivity contribution in [3.05, 3.63) is 54.5 Å². The molecule has 0 amide bonds. The highest BCUT2D eigenvalue weighted by Gasteiger charge is 2.25. The van der Waals surface area contributed by atoms with Gasteiger partial charge in [-0.1, -0.05) is 12.1 Å². The molecular formula is C19H20FN5O2S. The molecule has 0 saturated carbocycles. The highest BCUT2D eigenvalue weighted by Crippen LogP contribution is 2.31. The van der Waals surface area contributed by atoms with Crippen LogP contribution in [0.15, 0.2) is 48.7 Å². The van der Waals surface area contributed by atoms with Gasteiger partial charge in [0.1, 0.15) is 11.6 Å². The van der Waals surface area contributed by atoms with Crippen LogP contribution in [0.25, 0.3) is 22.5 Å². The largest absolute Gasteiger partial charge is 0.353 e. The summed E-state index contributed by atoms with van der Waals surface area (Å²) in [5.41, 5.74) is 2.97. The molecular weight excluding hydrogens is 381 g/mol. The summed E-state index contributed by atoms with van der Waals surface area (Å²) in [7, 11) is -3.19. The van der Waals surface area contributed by atoms with Crippen LogP contribution in [-0.4, -0.2) is 60.3 Å². The Morgan fingerprint density at radius 1 is 1.07 bits per heavy atom. The number of nitrogens with zero attached hydrogens (tertiary/aromatic N) is 4. The fraction of sp³-hybridized carbons (Fsp3) is 0.263. The quantitative estimate of drug-likeness (QED) is 0.726. The Morgan fingerprint density at radius 2 is 1.86 bits per heavy atom. The Bertz CT molecular complexity index is 1090. The van der Waals surface area contributed by atoms with Crippen molar-refractivity contribution in [3.63, 3.8) is 0 Å². The van der Waals surface area contributed by atoms with Gasteiger partial charge in [-0.15, -0.1) is 0 Å². The summed E-state index contributed by atoms with van der Waals surface area (Å²) in [6.45, 7) is 1.95. The number of halogens is 1. The molecule has 3 aromatic rings. The Balaban J connectivity index is 1.61. The van der Waals surface area contributed by atoms with Gasteiger partial charge in [0.25, 0.3) is 0 Å². The summed E-state index contributed by atoms with van der Waals surface area (Å²) in [6.07, 6.45) is 2.94. The molecule has 0 aliphatic carbocycles. The van der Waals surface area contributed by atoms with Gasteiger partial charge in [-0.3, -0.25) is 5.10 Å². The van der Waals surface area contributed by atoms with Gasteiger partial charge in [-0.05, 0) is 30.3 Å². The van der Waals surface area contributed by atoms with Crippen LogP contribution in [0.3, 0.4) is 0 Å². The first-order chi connectivity index (χ1) is 13.4. The van der Waals surface area contributed by atoms with E-state index in [1.807, 2.05) is 24.3 Å². The molecule has 1 aliphatic rings. The van der Waals surface area contributed by atoms with E-state index in [-0.39, 0.29) is 5.82 Å². The number of pyridine rings is 1. The van der Waals surface area contributed by atoms with Crippen molar-refractivity contribution in [2.45, 2.75) is 0 Å². The molecule has 1 saturated heterocycles. The van der Waals surface area contributed by atoms with E-state index in [0.717, 1.165) is 11.4 Å². The third kappa shape index (κ3) is 3.76. The number of aromatic nitrogens is 3. The number of hydrogen-bond donors (Lipinski definition) is 1. The van der Waals surface area contributed by atoms with E-state index >= 15 is 0 Å². The van der Waals surface area contributed by atoms with Gasteiger partial charge in [0.2, 0.25) is 10.0 Å². The van der Waals surface area contributed by atoms with Gasteiger partial charge < -0.3 is 4.90 Å². The van der Waals surface area contributed by atoms with E-state index in [1.165, 1.54) is 22.7 Å². The number of hydrogen-bond acceptors (Lipinski definition) is 5. The number of benzene rings is 1. The molecule has 3 heterocycles. The highest BCUT2D eigenvalue weighted by atomic mass is 32.2. The van der Waals surface area contributed by atoms with Crippen molar-refractivity contribution >= 4 is 15.8 Å². The molecule has 28 heavy (non-hydrogen) atoms. The number of nitrogens with one attached hydrogen (secondary N) is 1. The average molecular weight is 401 g/mol. The summed E-state index contributed by atoms with van der Waals surface area (Å²) in [4.78, 5) is 6.57. The van der Waals surface area contributed by atoms with Crippen molar-refractivity contribution in [1.29, 1.82) is 0 Å². The molecule has 0 bridgehead atoms. The maximum absolute atomic E-state index is 13.5. The molecule has 1 aromatic carbocycles. The minimum absolute atomic E-state index is 0.306. The SMILES string of the molecule is CS(=O)(=O)N1CCN(c2ncccc2-c2cc(-c3cccc(F)c3)[nH]n2)CC1. The lowest BCUT2D eigenvalue weighted by Gasteiger charge is -2.34. The minimum Gasteiger partial charge on any atom is -0.353 e. The molecule has 0 radical (unpaired) electrons. The number of rotatable bonds is 4. The van der Waals surface area contributed by atoms with E-state index < -0.39 is 10.0 Å². The third-order valence-electron chi connectivity index (χ3n) is 4.78. The molecule has 1 fully saturated rings. The van der Waals surface area contributed by atoms with Gasteiger partial charge in [0.05, 0.1) is 17.6 Å². The Hall–Kier alpha value is -2.78. The van der Waals surface area contributed by atoms with Crippen LogP contribution in [-0.2, 0) is 10.0 Å². The van der Waals surface area contributed by atoms with Crippen molar-refractivity contribution in [2.75, 3.05) is 37.3 Å². The van der Waals surface area contributed by atoms with Crippen LogP contribution < -0.4 is 4.90 Å². The van der Waals surface area contributed by atoms with Crippen molar-refractivity contribution in [3.8, 4) is 22.5 Å². The molecule has 7 nitrogen and oxygen atoms in total. The zero-order valence-corrected chi connectivity index (χ0v) is 16.2. The fourth-order valence-corrected chi connectivity index (χ4v) is 4.17. The summed E-state index contributed by atoms with van der Waals surface area (Å²) < 4.78 is 38.4. The highest BCUT2D eigenvalue weighted by molar-refractivity contribution is 7.88. The van der Waals surface area contributed by atoms with Gasteiger partial charge in [0, 0.05) is 43.5 Å². The number of aromatic amines is 1. The molecule has 0 spiro atoms. The van der Waals surface area contributed by atoms with Crippen LogP contribution in [0.5, 0.6) is 0 Å². The monoisotopic (exact) mass is 401 g/mol. The van der Waals surface area contributed by atoms with E-state index in [4.69, 9.17) is 0 Å². The van der Waals surface area contributed by atoms with Crippen LogP contribution in [0, 0.1) is 5.82 Å². The normalized spacial score (nSPS) is 15.7. The van der Waals surface area contributed by atoms with E-state index in [1.54, 1.807) is 12.3 Å². The van der Waals surface area contributed by atoms with Gasteiger partial charge in [-0.25, -0.2) is 17.8 Å².